The molecule has 0 fully saturated rings. The third kappa shape index (κ3) is 96.1. The van der Waals surface area contributed by atoms with Crippen molar-refractivity contribution in [2.75, 3.05) is 0 Å². The standard InChI is InChI=1S/C8H10O.6CO.2Fe/c9-8-6-4-2-1-3-5-7-8;6*1-2;;/h2-5H,1,6-7H2;;;;;;;;/b4-2-,5-3-;;;;;;;;. The number of carbonyl (C=O) groups is 1. The SMILES string of the molecule is O=C1C/C=C\C/C=C\C1.[C-]#[O+].[C-]#[O+].[C-]#[O+].[C-]#[O+].[C-]#[O+].[C-]#[O+].[Fe].[Fe]. The van der Waals surface area contributed by atoms with E-state index in [1.807, 2.05) is 24.3 Å². The van der Waals surface area contributed by atoms with Gasteiger partial charge >= 0.3 is 67.8 Å². The van der Waals surface area contributed by atoms with Gasteiger partial charge in [0.2, 0.25) is 0 Å². The second-order valence-electron chi connectivity index (χ2n) is 2.13. The Bertz CT molecular complexity index is 312. The number of ketones is 1. The number of allylic oxidation sites excluding steroid dienone is 4. The van der Waals surface area contributed by atoms with E-state index < -0.39 is 0 Å². The zero-order chi connectivity index (χ0) is 18.5. The summed E-state index contributed by atoms with van der Waals surface area (Å²) in [7, 11) is 0. The van der Waals surface area contributed by atoms with Crippen LogP contribution in [0.3, 0.4) is 0 Å². The molecule has 23 heavy (non-hydrogen) atoms. The van der Waals surface area contributed by atoms with E-state index in [0.717, 1.165) is 6.42 Å². The quantitative estimate of drug-likeness (QED) is 0.259. The van der Waals surface area contributed by atoms with E-state index in [1.165, 1.54) is 0 Å². The Morgan fingerprint density at radius 2 is 0.783 bits per heavy atom. The van der Waals surface area contributed by atoms with E-state index in [9.17, 15) is 4.79 Å². The molecule has 0 bridgehead atoms. The molecular weight excluding hydrogens is 392 g/mol. The Balaban J connectivity index is -0.0000000232. The molecule has 9 heteroatoms. The molecule has 0 atom stereocenters. The second kappa shape index (κ2) is 107. The van der Waals surface area contributed by atoms with Gasteiger partial charge < -0.3 is 0 Å². The molecule has 0 amide bonds. The summed E-state index contributed by atoms with van der Waals surface area (Å²) in [6.45, 7) is 27.0. The summed E-state index contributed by atoms with van der Waals surface area (Å²) in [5.74, 6) is 0.308. The van der Waals surface area contributed by atoms with Crippen molar-refractivity contribution in [1.82, 2.24) is 0 Å². The summed E-state index contributed by atoms with van der Waals surface area (Å²) in [6.07, 6.45) is 10.1. The Kier molecular flexibility index (Phi) is 230. The first kappa shape index (κ1) is 49.6. The molecule has 0 saturated carbocycles. The van der Waals surface area contributed by atoms with Crippen molar-refractivity contribution in [2.24, 2.45) is 0 Å². The maximum Gasteiger partial charge on any atom is 0 e. The van der Waals surface area contributed by atoms with Crippen molar-refractivity contribution in [1.29, 1.82) is 0 Å². The van der Waals surface area contributed by atoms with Gasteiger partial charge in [-0.1, -0.05) is 24.3 Å². The normalized spacial score (nSPS) is 10.9. The molecular formula is C14H10Fe2O7. The van der Waals surface area contributed by atoms with Gasteiger partial charge in [0.15, 0.2) is 0 Å². The van der Waals surface area contributed by atoms with Crippen LogP contribution in [-0.4, -0.2) is 5.78 Å². The van der Waals surface area contributed by atoms with Crippen LogP contribution in [0.5, 0.6) is 0 Å². The molecule has 1 aliphatic rings. The summed E-state index contributed by atoms with van der Waals surface area (Å²) >= 11 is 0. The van der Waals surface area contributed by atoms with E-state index in [1.54, 1.807) is 0 Å². The third-order valence-electron chi connectivity index (χ3n) is 1.30. The van der Waals surface area contributed by atoms with Crippen LogP contribution in [0.4, 0.5) is 0 Å². The van der Waals surface area contributed by atoms with E-state index in [4.69, 9.17) is 27.9 Å². The van der Waals surface area contributed by atoms with Crippen LogP contribution in [0.2, 0.25) is 0 Å². The number of rotatable bonds is 0. The zero-order valence-corrected chi connectivity index (χ0v) is 13.7. The van der Waals surface area contributed by atoms with Crippen LogP contribution < -0.4 is 0 Å². The second-order valence-corrected chi connectivity index (χ2v) is 2.13. The summed E-state index contributed by atoms with van der Waals surface area (Å²) in [6, 6.07) is 0. The Morgan fingerprint density at radius 1 is 0.565 bits per heavy atom. The van der Waals surface area contributed by atoms with Crippen LogP contribution >= 0.6 is 0 Å². The fourth-order valence-corrected chi connectivity index (χ4v) is 0.784. The molecule has 0 heterocycles. The number of Topliss-reactive ketones (excluding diaryl/α,β-unsaturated/α-hetero) is 1. The van der Waals surface area contributed by atoms with Gasteiger partial charge in [-0.05, 0) is 6.42 Å². The summed E-state index contributed by atoms with van der Waals surface area (Å²) in [5.41, 5.74) is 0. The van der Waals surface area contributed by atoms with Crippen molar-refractivity contribution < 1.29 is 66.8 Å². The van der Waals surface area contributed by atoms with Gasteiger partial charge in [-0.2, -0.15) is 0 Å². The molecule has 0 radical (unpaired) electrons. The number of carbonyl (C=O) groups excluding carboxylic acids is 1. The molecule has 0 saturated heterocycles. The van der Waals surface area contributed by atoms with E-state index in [0.29, 0.717) is 18.6 Å². The van der Waals surface area contributed by atoms with Crippen LogP contribution in [0.25, 0.3) is 0 Å². The fourth-order valence-electron chi connectivity index (χ4n) is 0.784. The largest absolute Gasteiger partial charge is 0 e. The molecule has 1 rings (SSSR count). The maximum atomic E-state index is 10.7. The number of hydrogen-bond donors (Lipinski definition) is 0. The Hall–Kier alpha value is -1.37. The summed E-state index contributed by atoms with van der Waals surface area (Å²) < 4.78 is 45.0. The molecule has 0 aromatic heterocycles. The van der Waals surface area contributed by atoms with Crippen LogP contribution in [-0.2, 0) is 66.8 Å². The first-order valence-corrected chi connectivity index (χ1v) is 4.44. The summed E-state index contributed by atoms with van der Waals surface area (Å²) in [5, 5.41) is 0. The van der Waals surface area contributed by atoms with Crippen molar-refractivity contribution >= 4 is 5.78 Å². The van der Waals surface area contributed by atoms with E-state index in [2.05, 4.69) is 39.9 Å². The maximum absolute atomic E-state index is 10.7. The van der Waals surface area contributed by atoms with Crippen LogP contribution in [0.1, 0.15) is 19.3 Å². The minimum Gasteiger partial charge on any atom is 0 e. The Morgan fingerprint density at radius 3 is 1.00 bits per heavy atom. The first-order chi connectivity index (χ1) is 10.4. The molecule has 7 nitrogen and oxygen atoms in total. The molecule has 0 aliphatic heterocycles. The fraction of sp³-hybridized carbons (Fsp3) is 0.214. The molecule has 0 unspecified atom stereocenters. The third-order valence-corrected chi connectivity index (χ3v) is 1.30. The number of hydrogen-bond acceptors (Lipinski definition) is 1. The van der Waals surface area contributed by atoms with Gasteiger partial charge in [-0.3, -0.25) is 4.79 Å². The minimum absolute atomic E-state index is 0. The smallest absolute Gasteiger partial charge is 0 e. The average Bonchev–Trinajstić information content (AvgIpc) is 2.62. The van der Waals surface area contributed by atoms with Gasteiger partial charge in [0.05, 0.1) is 0 Å². The van der Waals surface area contributed by atoms with Crippen molar-refractivity contribution in [3.63, 3.8) is 0 Å². The van der Waals surface area contributed by atoms with Crippen LogP contribution in [0, 0.1) is 39.9 Å². The van der Waals surface area contributed by atoms with Gasteiger partial charge in [0.1, 0.15) is 5.78 Å². The van der Waals surface area contributed by atoms with Gasteiger partial charge in [0.25, 0.3) is 0 Å². The van der Waals surface area contributed by atoms with Crippen molar-refractivity contribution in [2.45, 2.75) is 19.3 Å². The van der Waals surface area contributed by atoms with Crippen molar-refractivity contribution in [3.8, 4) is 0 Å². The van der Waals surface area contributed by atoms with Crippen molar-refractivity contribution in [3.05, 3.63) is 64.2 Å². The molecule has 124 valence electrons. The predicted molar refractivity (Wildman–Crippen MR) is 60.7 cm³/mol. The molecule has 0 spiro atoms. The van der Waals surface area contributed by atoms with Gasteiger partial charge in [0, 0.05) is 47.0 Å². The van der Waals surface area contributed by atoms with E-state index >= 15 is 0 Å². The molecule has 0 aromatic rings. The first-order valence-electron chi connectivity index (χ1n) is 4.44. The van der Waals surface area contributed by atoms with Crippen LogP contribution in [0.15, 0.2) is 24.3 Å². The minimum atomic E-state index is 0. The van der Waals surface area contributed by atoms with E-state index in [-0.39, 0.29) is 34.1 Å². The Labute approximate surface area is 156 Å². The predicted octanol–water partition coefficient (Wildman–Crippen LogP) is 1.62. The molecule has 0 aromatic carbocycles. The topological polar surface area (TPSA) is 136 Å². The monoisotopic (exact) mass is 402 g/mol. The van der Waals surface area contributed by atoms with Gasteiger partial charge in [-0.25, -0.2) is 0 Å². The van der Waals surface area contributed by atoms with Gasteiger partial charge in [-0.15, -0.1) is 0 Å². The average molecular weight is 402 g/mol. The zero-order valence-electron chi connectivity index (χ0n) is 11.5. The molecule has 0 N–H and O–H groups in total. The summed E-state index contributed by atoms with van der Waals surface area (Å²) in [4.78, 5) is 10.7. The molecule has 1 aliphatic carbocycles.